The molecule has 7 nitrogen and oxygen atoms in total. The fraction of sp³-hybridized carbons (Fsp3) is 0.263. The highest BCUT2D eigenvalue weighted by Crippen LogP contribution is 2.17. The Bertz CT molecular complexity index is 873. The van der Waals surface area contributed by atoms with E-state index in [0.717, 1.165) is 12.1 Å². The van der Waals surface area contributed by atoms with Gasteiger partial charge in [-0.3, -0.25) is 9.69 Å². The number of Topliss-reactive ketones (excluding diaryl/α,β-unsaturated/α-hetero) is 1. The number of carbonyl (C=O) groups excluding carboxylic acids is 2. The maximum absolute atomic E-state index is 13.0. The number of nitrogens with zero attached hydrogens (tertiary/aromatic N) is 3. The molecule has 0 saturated heterocycles. The zero-order valence-corrected chi connectivity index (χ0v) is 15.4. The Hall–Kier alpha value is -3.29. The van der Waals surface area contributed by atoms with Crippen molar-refractivity contribution >= 4 is 23.4 Å². The summed E-state index contributed by atoms with van der Waals surface area (Å²) in [6.07, 6.45) is 0.744. The molecule has 1 aromatic heterocycles. The largest absolute Gasteiger partial charge is 0.443 e. The Morgan fingerprint density at radius 1 is 1.15 bits per heavy atom. The molecule has 0 radical (unpaired) electrons. The number of halogens is 1. The van der Waals surface area contributed by atoms with Gasteiger partial charge in [-0.1, -0.05) is 5.16 Å². The van der Waals surface area contributed by atoms with Crippen molar-refractivity contribution in [1.29, 1.82) is 0 Å². The van der Waals surface area contributed by atoms with Crippen LogP contribution in [0.3, 0.4) is 0 Å². The number of rotatable bonds is 4. The fourth-order valence-electron chi connectivity index (χ4n) is 2.15. The molecule has 0 unspecified atom stereocenters. The maximum Gasteiger partial charge on any atom is 0.415 e. The van der Waals surface area contributed by atoms with Gasteiger partial charge in [0, 0.05) is 24.4 Å². The van der Waals surface area contributed by atoms with Crippen molar-refractivity contribution < 1.29 is 23.9 Å². The number of benzene rings is 1. The normalized spacial score (nSPS) is 11.8. The average molecular weight is 373 g/mol. The predicted molar refractivity (Wildman–Crippen MR) is 97.9 cm³/mol. The average Bonchev–Trinajstić information content (AvgIpc) is 2.61. The molecule has 8 heteroatoms. The third-order valence-electron chi connectivity index (χ3n) is 3.45. The van der Waals surface area contributed by atoms with Crippen LogP contribution in [0.2, 0.25) is 0 Å². The van der Waals surface area contributed by atoms with Crippen molar-refractivity contribution in [3.05, 3.63) is 59.5 Å². The third kappa shape index (κ3) is 5.10. The summed E-state index contributed by atoms with van der Waals surface area (Å²) in [6.45, 7) is 5.21. The number of ketones is 1. The quantitative estimate of drug-likeness (QED) is 0.382. The SMILES string of the molecule is CN(C(=O)OC(C)(C)C)c1cc(/C(=N/O)C(=O)c2ccc(F)cc2)ccn1. The van der Waals surface area contributed by atoms with Crippen LogP contribution in [0.25, 0.3) is 0 Å². The molecule has 142 valence electrons. The summed E-state index contributed by atoms with van der Waals surface area (Å²) in [7, 11) is 1.47. The van der Waals surface area contributed by atoms with Crippen molar-refractivity contribution in [2.45, 2.75) is 26.4 Å². The molecule has 0 bridgehead atoms. The molecule has 0 saturated carbocycles. The molecule has 27 heavy (non-hydrogen) atoms. The highest BCUT2D eigenvalue weighted by atomic mass is 19.1. The van der Waals surface area contributed by atoms with Crippen LogP contribution in [0.1, 0.15) is 36.7 Å². The van der Waals surface area contributed by atoms with Crippen LogP contribution in [0, 0.1) is 5.82 Å². The molecule has 0 spiro atoms. The van der Waals surface area contributed by atoms with Crippen molar-refractivity contribution in [2.75, 3.05) is 11.9 Å². The summed E-state index contributed by atoms with van der Waals surface area (Å²) < 4.78 is 18.3. The van der Waals surface area contributed by atoms with Gasteiger partial charge in [0.25, 0.3) is 0 Å². The second-order valence-corrected chi connectivity index (χ2v) is 6.73. The minimum atomic E-state index is -0.681. The predicted octanol–water partition coefficient (Wildman–Crippen LogP) is 3.65. The Balaban J connectivity index is 2.30. The second-order valence-electron chi connectivity index (χ2n) is 6.73. The number of hydrogen-bond donors (Lipinski definition) is 1. The highest BCUT2D eigenvalue weighted by Gasteiger charge is 2.23. The minimum Gasteiger partial charge on any atom is -0.443 e. The van der Waals surface area contributed by atoms with E-state index in [0.29, 0.717) is 0 Å². The van der Waals surface area contributed by atoms with Gasteiger partial charge < -0.3 is 9.94 Å². The number of oxime groups is 1. The molecular formula is C19H20FN3O4. The molecule has 0 aliphatic heterocycles. The zero-order chi connectivity index (χ0) is 20.2. The van der Waals surface area contributed by atoms with Crippen LogP contribution in [0.15, 0.2) is 47.8 Å². The van der Waals surface area contributed by atoms with Crippen molar-refractivity contribution in [1.82, 2.24) is 4.98 Å². The standard InChI is InChI=1S/C19H20FN3O4/c1-19(2,3)27-18(25)23(4)15-11-13(9-10-21-15)16(22-26)17(24)12-5-7-14(20)8-6-12/h5-11,26H,1-4H3/b22-16-. The summed E-state index contributed by atoms with van der Waals surface area (Å²) in [5.74, 6) is -0.886. The van der Waals surface area contributed by atoms with Gasteiger partial charge in [0.05, 0.1) is 0 Å². The van der Waals surface area contributed by atoms with Gasteiger partial charge >= 0.3 is 6.09 Å². The molecule has 2 aromatic rings. The molecular weight excluding hydrogens is 353 g/mol. The monoisotopic (exact) mass is 373 g/mol. The lowest BCUT2D eigenvalue weighted by molar-refractivity contribution is 0.0588. The minimum absolute atomic E-state index is 0.156. The number of anilines is 1. The first-order valence-corrected chi connectivity index (χ1v) is 8.08. The molecule has 2 rings (SSSR count). The second kappa shape index (κ2) is 7.94. The number of hydrogen-bond acceptors (Lipinski definition) is 6. The summed E-state index contributed by atoms with van der Waals surface area (Å²) in [4.78, 5) is 30.0. The Morgan fingerprint density at radius 2 is 1.78 bits per heavy atom. The lowest BCUT2D eigenvalue weighted by Gasteiger charge is -2.24. The van der Waals surface area contributed by atoms with E-state index in [2.05, 4.69) is 10.1 Å². The Kier molecular flexibility index (Phi) is 5.89. The van der Waals surface area contributed by atoms with E-state index in [-0.39, 0.29) is 22.7 Å². The van der Waals surface area contributed by atoms with Gasteiger partial charge in [0.1, 0.15) is 17.2 Å². The Morgan fingerprint density at radius 3 is 2.33 bits per heavy atom. The summed E-state index contributed by atoms with van der Waals surface area (Å²) in [5.41, 5.74) is -0.544. The van der Waals surface area contributed by atoms with Gasteiger partial charge in [-0.05, 0) is 57.2 Å². The molecule has 1 amide bonds. The first kappa shape index (κ1) is 20.0. The lowest BCUT2D eigenvalue weighted by Crippen LogP contribution is -2.34. The number of ether oxygens (including phenoxy) is 1. The molecule has 0 aliphatic rings. The van der Waals surface area contributed by atoms with Crippen molar-refractivity contribution in [3.8, 4) is 0 Å². The van der Waals surface area contributed by atoms with Crippen LogP contribution in [-0.2, 0) is 4.74 Å². The first-order valence-electron chi connectivity index (χ1n) is 8.08. The van der Waals surface area contributed by atoms with Crippen molar-refractivity contribution in [3.63, 3.8) is 0 Å². The van der Waals surface area contributed by atoms with Crippen LogP contribution in [0.4, 0.5) is 15.0 Å². The molecule has 0 atom stereocenters. The number of amides is 1. The van der Waals surface area contributed by atoms with Gasteiger partial charge in [0.2, 0.25) is 5.78 Å². The van der Waals surface area contributed by atoms with Crippen LogP contribution in [0.5, 0.6) is 0 Å². The number of pyridine rings is 1. The molecule has 0 aliphatic carbocycles. The highest BCUT2D eigenvalue weighted by molar-refractivity contribution is 6.51. The molecule has 0 fully saturated rings. The Labute approximate surface area is 156 Å². The van der Waals surface area contributed by atoms with Gasteiger partial charge in [-0.2, -0.15) is 0 Å². The van der Waals surface area contributed by atoms with E-state index in [1.54, 1.807) is 20.8 Å². The van der Waals surface area contributed by atoms with Crippen LogP contribution in [-0.4, -0.2) is 40.4 Å². The third-order valence-corrected chi connectivity index (χ3v) is 3.45. The summed E-state index contributed by atoms with van der Waals surface area (Å²) in [6, 6.07) is 7.73. The van der Waals surface area contributed by atoms with E-state index in [4.69, 9.17) is 4.74 Å². The van der Waals surface area contributed by atoms with E-state index in [1.807, 2.05) is 0 Å². The smallest absolute Gasteiger partial charge is 0.415 e. The summed E-state index contributed by atoms with van der Waals surface area (Å²) in [5, 5.41) is 12.4. The topological polar surface area (TPSA) is 92.1 Å². The first-order chi connectivity index (χ1) is 12.6. The fourth-order valence-corrected chi connectivity index (χ4v) is 2.15. The lowest BCUT2D eigenvalue weighted by atomic mass is 10.0. The summed E-state index contributed by atoms with van der Waals surface area (Å²) >= 11 is 0. The number of aromatic nitrogens is 1. The van der Waals surface area contributed by atoms with Crippen LogP contribution < -0.4 is 4.90 Å². The molecule has 1 heterocycles. The maximum atomic E-state index is 13.0. The van der Waals surface area contributed by atoms with Crippen molar-refractivity contribution in [2.24, 2.45) is 5.16 Å². The van der Waals surface area contributed by atoms with Gasteiger partial charge in [-0.25, -0.2) is 14.2 Å². The molecule has 1 aromatic carbocycles. The zero-order valence-electron chi connectivity index (χ0n) is 15.4. The molecule has 1 N–H and O–H groups in total. The number of carbonyl (C=O) groups is 2. The van der Waals surface area contributed by atoms with E-state index in [9.17, 15) is 19.2 Å². The van der Waals surface area contributed by atoms with E-state index < -0.39 is 23.3 Å². The van der Waals surface area contributed by atoms with Gasteiger partial charge in [0.15, 0.2) is 5.71 Å². The van der Waals surface area contributed by atoms with E-state index >= 15 is 0 Å². The van der Waals surface area contributed by atoms with Crippen LogP contribution >= 0.6 is 0 Å². The van der Waals surface area contributed by atoms with E-state index in [1.165, 1.54) is 42.4 Å². The van der Waals surface area contributed by atoms with Gasteiger partial charge in [-0.15, -0.1) is 0 Å².